The lowest BCUT2D eigenvalue weighted by Gasteiger charge is -2.14. The van der Waals surface area contributed by atoms with Crippen LogP contribution in [-0.4, -0.2) is 6.34 Å². The maximum atomic E-state index is 4.42. The monoisotopic (exact) mass is 297 g/mol. The van der Waals surface area contributed by atoms with Gasteiger partial charge in [-0.25, -0.2) is 0 Å². The molecule has 0 aromatic heterocycles. The van der Waals surface area contributed by atoms with E-state index in [1.165, 1.54) is 11.3 Å². The predicted molar refractivity (Wildman–Crippen MR) is 65.5 cm³/mol. The number of hydrogen-bond acceptors (Lipinski definition) is 3. The smallest absolute Gasteiger partial charge is 0.121 e. The van der Waals surface area contributed by atoms with Gasteiger partial charge in [-0.3, -0.25) is 4.99 Å². The molecule has 0 saturated carbocycles. The van der Waals surface area contributed by atoms with Gasteiger partial charge in [0.05, 0.1) is 12.0 Å². The van der Waals surface area contributed by atoms with Gasteiger partial charge in [0.25, 0.3) is 0 Å². The molecular formula is C10H8IN3. The van der Waals surface area contributed by atoms with Crippen molar-refractivity contribution in [2.75, 3.05) is 5.32 Å². The van der Waals surface area contributed by atoms with Crippen LogP contribution in [0.3, 0.4) is 0 Å². The molecule has 0 bridgehead atoms. The van der Waals surface area contributed by atoms with Crippen LogP contribution in [0.25, 0.3) is 0 Å². The number of anilines is 1. The van der Waals surface area contributed by atoms with Crippen molar-refractivity contribution in [1.82, 2.24) is 5.32 Å². The highest BCUT2D eigenvalue weighted by Gasteiger charge is 2.29. The second-order valence-corrected chi connectivity index (χ2v) is 4.34. The summed E-state index contributed by atoms with van der Waals surface area (Å²) >= 11 is 2.29. The highest BCUT2D eigenvalue weighted by Crippen LogP contribution is 2.41. The summed E-state index contributed by atoms with van der Waals surface area (Å²) in [6, 6.07) is 8.45. The second kappa shape index (κ2) is 2.98. The third-order valence-corrected chi connectivity index (χ3v) is 3.34. The van der Waals surface area contributed by atoms with Crippen LogP contribution in [0.5, 0.6) is 0 Å². The molecule has 0 spiro atoms. The number of halogens is 1. The lowest BCUT2D eigenvalue weighted by molar-refractivity contribution is 0.859. The molecule has 3 nitrogen and oxygen atoms in total. The Balaban J connectivity index is 2.18. The number of aliphatic imine (C=N–C) groups is 1. The highest BCUT2D eigenvalue weighted by atomic mass is 127. The minimum Gasteiger partial charge on any atom is -0.354 e. The summed E-state index contributed by atoms with van der Waals surface area (Å²) in [4.78, 5) is 4.42. The van der Waals surface area contributed by atoms with E-state index in [1.54, 1.807) is 6.34 Å². The van der Waals surface area contributed by atoms with E-state index in [2.05, 4.69) is 50.3 Å². The molecule has 1 atom stereocenters. The number of benzene rings is 1. The average Bonchev–Trinajstić information content (AvgIpc) is 2.59. The fourth-order valence-electron chi connectivity index (χ4n) is 1.79. The maximum Gasteiger partial charge on any atom is 0.121 e. The summed E-state index contributed by atoms with van der Waals surface area (Å²) in [5.74, 6) is 0. The molecule has 1 aromatic rings. The van der Waals surface area contributed by atoms with E-state index in [1.807, 2.05) is 12.1 Å². The Bertz CT molecular complexity index is 450. The summed E-state index contributed by atoms with van der Waals surface area (Å²) in [6.45, 7) is 0. The van der Waals surface area contributed by atoms with E-state index >= 15 is 0 Å². The van der Waals surface area contributed by atoms with Crippen molar-refractivity contribution in [2.24, 2.45) is 4.99 Å². The first-order valence-electron chi connectivity index (χ1n) is 4.40. The van der Waals surface area contributed by atoms with Crippen LogP contribution in [0.1, 0.15) is 11.6 Å². The van der Waals surface area contributed by atoms with Gasteiger partial charge in [-0.05, 0) is 28.7 Å². The van der Waals surface area contributed by atoms with Gasteiger partial charge in [0.1, 0.15) is 9.75 Å². The zero-order chi connectivity index (χ0) is 9.54. The Morgan fingerprint density at radius 2 is 2.14 bits per heavy atom. The van der Waals surface area contributed by atoms with Gasteiger partial charge in [-0.1, -0.05) is 18.2 Å². The number of rotatable bonds is 0. The van der Waals surface area contributed by atoms with E-state index in [0.717, 1.165) is 9.40 Å². The number of nitrogens with zero attached hydrogens (tertiary/aromatic N) is 1. The number of para-hydroxylation sites is 1. The molecule has 1 aromatic carbocycles. The van der Waals surface area contributed by atoms with E-state index in [0.29, 0.717) is 0 Å². The summed E-state index contributed by atoms with van der Waals surface area (Å²) in [6.07, 6.45) is 1.76. The third kappa shape index (κ3) is 1.06. The molecule has 70 valence electrons. The van der Waals surface area contributed by atoms with E-state index in [4.69, 9.17) is 0 Å². The van der Waals surface area contributed by atoms with Gasteiger partial charge in [0.2, 0.25) is 0 Å². The summed E-state index contributed by atoms with van der Waals surface area (Å²) in [7, 11) is 0. The van der Waals surface area contributed by atoms with E-state index < -0.39 is 0 Å². The molecule has 0 fully saturated rings. The molecule has 1 unspecified atom stereocenters. The fraction of sp³-hybridized carbons (Fsp3) is 0.100. The summed E-state index contributed by atoms with van der Waals surface area (Å²) in [5.41, 5.74) is 3.59. The average molecular weight is 297 g/mol. The van der Waals surface area contributed by atoms with Gasteiger partial charge in [-0.2, -0.15) is 0 Å². The Kier molecular flexibility index (Phi) is 1.76. The zero-order valence-electron chi connectivity index (χ0n) is 7.29. The van der Waals surface area contributed by atoms with Crippen molar-refractivity contribution in [3.05, 3.63) is 39.2 Å². The van der Waals surface area contributed by atoms with Crippen LogP contribution in [-0.2, 0) is 0 Å². The zero-order valence-corrected chi connectivity index (χ0v) is 9.45. The van der Waals surface area contributed by atoms with Crippen LogP contribution >= 0.6 is 22.6 Å². The topological polar surface area (TPSA) is 36.4 Å². The molecule has 0 aliphatic carbocycles. The summed E-state index contributed by atoms with van der Waals surface area (Å²) < 4.78 is 1.12. The largest absolute Gasteiger partial charge is 0.354 e. The van der Waals surface area contributed by atoms with Crippen LogP contribution in [0, 0.1) is 0 Å². The Morgan fingerprint density at radius 3 is 3.07 bits per heavy atom. The van der Waals surface area contributed by atoms with Crippen molar-refractivity contribution in [3.8, 4) is 0 Å². The van der Waals surface area contributed by atoms with Crippen molar-refractivity contribution >= 4 is 34.6 Å². The SMILES string of the molecule is IC1=C2Nc3ccccc3C2N=CN1. The Hall–Kier alpha value is -1.04. The lowest BCUT2D eigenvalue weighted by Crippen LogP contribution is -2.17. The van der Waals surface area contributed by atoms with E-state index in [-0.39, 0.29) is 6.04 Å². The Morgan fingerprint density at radius 1 is 1.29 bits per heavy atom. The predicted octanol–water partition coefficient (Wildman–Crippen LogP) is 2.39. The standard InChI is InChI=1S/C10H8IN3/c11-10-9-8(12-5-13-10)6-3-1-2-4-7(6)14-9/h1-5,8,14H,(H,12,13). The van der Waals surface area contributed by atoms with Crippen LogP contribution in [0.2, 0.25) is 0 Å². The van der Waals surface area contributed by atoms with Gasteiger partial charge >= 0.3 is 0 Å². The number of fused-ring (bicyclic) bond motifs is 3. The van der Waals surface area contributed by atoms with Crippen molar-refractivity contribution in [3.63, 3.8) is 0 Å². The maximum absolute atomic E-state index is 4.42. The lowest BCUT2D eigenvalue weighted by atomic mass is 10.1. The van der Waals surface area contributed by atoms with Gasteiger partial charge in [-0.15, -0.1) is 0 Å². The fourth-order valence-corrected chi connectivity index (χ4v) is 2.36. The highest BCUT2D eigenvalue weighted by molar-refractivity contribution is 14.1. The molecule has 14 heavy (non-hydrogen) atoms. The van der Waals surface area contributed by atoms with Crippen LogP contribution in [0.15, 0.2) is 38.7 Å². The van der Waals surface area contributed by atoms with Gasteiger partial charge < -0.3 is 10.6 Å². The molecule has 3 rings (SSSR count). The molecule has 0 saturated heterocycles. The number of hydrogen-bond donors (Lipinski definition) is 2. The van der Waals surface area contributed by atoms with Crippen molar-refractivity contribution in [2.45, 2.75) is 6.04 Å². The van der Waals surface area contributed by atoms with Crippen molar-refractivity contribution in [1.29, 1.82) is 0 Å². The van der Waals surface area contributed by atoms with Gasteiger partial charge in [0.15, 0.2) is 0 Å². The molecule has 2 heterocycles. The molecular weight excluding hydrogens is 289 g/mol. The van der Waals surface area contributed by atoms with Crippen molar-refractivity contribution < 1.29 is 0 Å². The first kappa shape index (κ1) is 8.28. The third-order valence-electron chi connectivity index (χ3n) is 2.45. The molecule has 2 aliphatic rings. The number of nitrogens with one attached hydrogen (secondary N) is 2. The molecule has 2 N–H and O–H groups in total. The first-order chi connectivity index (χ1) is 6.86. The van der Waals surface area contributed by atoms with Crippen LogP contribution in [0.4, 0.5) is 5.69 Å². The minimum absolute atomic E-state index is 0.166. The minimum atomic E-state index is 0.166. The van der Waals surface area contributed by atoms with Crippen LogP contribution < -0.4 is 10.6 Å². The molecule has 0 radical (unpaired) electrons. The Labute approximate surface area is 95.4 Å². The quantitative estimate of drug-likeness (QED) is 0.570. The summed E-state index contributed by atoms with van der Waals surface area (Å²) in [5, 5.41) is 6.48. The van der Waals surface area contributed by atoms with E-state index in [9.17, 15) is 0 Å². The first-order valence-corrected chi connectivity index (χ1v) is 5.48. The molecule has 0 amide bonds. The second-order valence-electron chi connectivity index (χ2n) is 3.26. The normalized spacial score (nSPS) is 22.5. The van der Waals surface area contributed by atoms with Gasteiger partial charge in [0, 0.05) is 11.3 Å². The molecule has 2 aliphatic heterocycles. The molecule has 4 heteroatoms.